The van der Waals surface area contributed by atoms with Crippen molar-refractivity contribution in [2.45, 2.75) is 6.92 Å². The topological polar surface area (TPSA) is 43.7 Å². The molecule has 3 nitrogen and oxygen atoms in total. The van der Waals surface area contributed by atoms with Crippen LogP contribution >= 0.6 is 0 Å². The van der Waals surface area contributed by atoms with E-state index in [0.29, 0.717) is 10.8 Å². The van der Waals surface area contributed by atoms with E-state index in [4.69, 9.17) is 10.3 Å². The number of nitrogens with zero attached hydrogens (tertiary/aromatic N) is 1. The van der Waals surface area contributed by atoms with E-state index in [-0.39, 0.29) is 5.88 Å². The van der Waals surface area contributed by atoms with Crippen molar-refractivity contribution in [3.05, 3.63) is 35.9 Å². The molecule has 3 heteroatoms. The number of aliphatic hydroxyl groups excluding tert-OH is 1. The van der Waals surface area contributed by atoms with Crippen LogP contribution in [0.2, 0.25) is 0 Å². The van der Waals surface area contributed by atoms with E-state index in [9.17, 15) is 0 Å². The number of allylic oxidation sites excluding steroid dienone is 3. The van der Waals surface area contributed by atoms with Gasteiger partial charge < -0.3 is 5.11 Å². The molecule has 0 saturated carbocycles. The zero-order chi connectivity index (χ0) is 7.72. The highest BCUT2D eigenvalue weighted by Gasteiger charge is 2.11. The van der Waals surface area contributed by atoms with Gasteiger partial charge in [0.05, 0.1) is 5.70 Å². The van der Waals surface area contributed by atoms with Crippen molar-refractivity contribution < 1.29 is 10.3 Å². The minimum atomic E-state index is -0.190. The second-order valence-corrected chi connectivity index (χ2v) is 2.19. The molecule has 2 N–H and O–H groups in total. The second kappa shape index (κ2) is 2.19. The molecule has 1 aliphatic rings. The van der Waals surface area contributed by atoms with E-state index in [1.165, 1.54) is 6.08 Å². The average Bonchev–Trinajstić information content (AvgIpc) is 1.82. The Morgan fingerprint density at radius 1 is 1.50 bits per heavy atom. The molecule has 0 aromatic rings. The lowest BCUT2D eigenvalue weighted by Crippen LogP contribution is -2.18. The van der Waals surface area contributed by atoms with E-state index >= 15 is 0 Å². The first-order valence-corrected chi connectivity index (χ1v) is 2.88. The summed E-state index contributed by atoms with van der Waals surface area (Å²) in [5.74, 6) is -0.190. The molecule has 54 valence electrons. The minimum absolute atomic E-state index is 0.190. The molecule has 1 heterocycles. The summed E-state index contributed by atoms with van der Waals surface area (Å²) in [6.45, 7) is 5.31. The average molecular weight is 139 g/mol. The number of hydroxylamine groups is 2. The SMILES string of the molecule is C=C1C=C(C)C=C(O)N1O. The molecule has 0 aromatic carbocycles. The van der Waals surface area contributed by atoms with Gasteiger partial charge in [0.1, 0.15) is 0 Å². The number of hydrogen-bond donors (Lipinski definition) is 2. The maximum absolute atomic E-state index is 8.95. The Balaban J connectivity index is 2.95. The largest absolute Gasteiger partial charge is 0.493 e. The van der Waals surface area contributed by atoms with Gasteiger partial charge in [-0.2, -0.15) is 5.06 Å². The van der Waals surface area contributed by atoms with Crippen LogP contribution in [0.5, 0.6) is 0 Å². The number of rotatable bonds is 0. The molecule has 0 spiro atoms. The summed E-state index contributed by atoms with van der Waals surface area (Å²) in [6, 6.07) is 0. The van der Waals surface area contributed by atoms with Crippen molar-refractivity contribution in [3.8, 4) is 0 Å². The molecule has 0 bridgehead atoms. The fourth-order valence-electron chi connectivity index (χ4n) is 0.778. The molecule has 1 aliphatic heterocycles. The quantitative estimate of drug-likeness (QED) is 0.535. The first-order valence-electron chi connectivity index (χ1n) is 2.88. The van der Waals surface area contributed by atoms with E-state index < -0.39 is 0 Å². The third-order valence-corrected chi connectivity index (χ3v) is 1.24. The van der Waals surface area contributed by atoms with E-state index in [1.807, 2.05) is 6.92 Å². The maximum atomic E-state index is 8.95. The summed E-state index contributed by atoms with van der Waals surface area (Å²) >= 11 is 0. The molecule has 10 heavy (non-hydrogen) atoms. The van der Waals surface area contributed by atoms with Crippen LogP contribution in [0.25, 0.3) is 0 Å². The Labute approximate surface area is 59.2 Å². The summed E-state index contributed by atoms with van der Waals surface area (Å²) in [5.41, 5.74) is 1.24. The molecular formula is C7H9NO2. The lowest BCUT2D eigenvalue weighted by molar-refractivity contribution is -0.0567. The fraction of sp³-hybridized carbons (Fsp3) is 0.143. The van der Waals surface area contributed by atoms with Crippen molar-refractivity contribution in [1.29, 1.82) is 0 Å². The van der Waals surface area contributed by atoms with Crippen LogP contribution in [0, 0.1) is 0 Å². The molecule has 0 aliphatic carbocycles. The number of aliphatic hydroxyl groups is 1. The van der Waals surface area contributed by atoms with Crippen LogP contribution in [0.1, 0.15) is 6.92 Å². The molecule has 0 unspecified atom stereocenters. The van der Waals surface area contributed by atoms with Gasteiger partial charge in [0.2, 0.25) is 5.88 Å². The molecule has 0 amide bonds. The summed E-state index contributed by atoms with van der Waals surface area (Å²) in [6.07, 6.45) is 3.12. The van der Waals surface area contributed by atoms with Crippen LogP contribution in [-0.4, -0.2) is 15.4 Å². The molecule has 0 saturated heterocycles. The van der Waals surface area contributed by atoms with E-state index in [0.717, 1.165) is 5.57 Å². The monoisotopic (exact) mass is 139 g/mol. The highest BCUT2D eigenvalue weighted by Crippen LogP contribution is 2.16. The van der Waals surface area contributed by atoms with Crippen LogP contribution in [0.15, 0.2) is 35.9 Å². The Kier molecular flexibility index (Phi) is 1.51. The third kappa shape index (κ3) is 1.04. The lowest BCUT2D eigenvalue weighted by atomic mass is 10.2. The van der Waals surface area contributed by atoms with Crippen LogP contribution in [0.3, 0.4) is 0 Å². The summed E-state index contributed by atoms with van der Waals surface area (Å²) in [4.78, 5) is 0. The fourth-order valence-corrected chi connectivity index (χ4v) is 0.778. The number of hydrogen-bond acceptors (Lipinski definition) is 3. The van der Waals surface area contributed by atoms with Gasteiger partial charge in [-0.05, 0) is 18.6 Å². The maximum Gasteiger partial charge on any atom is 0.216 e. The first-order chi connectivity index (χ1) is 4.61. The highest BCUT2D eigenvalue weighted by molar-refractivity contribution is 5.32. The van der Waals surface area contributed by atoms with E-state index in [1.54, 1.807) is 6.08 Å². The zero-order valence-electron chi connectivity index (χ0n) is 5.70. The van der Waals surface area contributed by atoms with Gasteiger partial charge in [0.25, 0.3) is 0 Å². The van der Waals surface area contributed by atoms with Gasteiger partial charge in [0, 0.05) is 6.08 Å². The van der Waals surface area contributed by atoms with Crippen LogP contribution in [0.4, 0.5) is 0 Å². The normalized spacial score (nSPS) is 18.6. The van der Waals surface area contributed by atoms with Crippen molar-refractivity contribution in [1.82, 2.24) is 5.06 Å². The predicted molar refractivity (Wildman–Crippen MR) is 37.2 cm³/mol. The summed E-state index contributed by atoms with van der Waals surface area (Å²) in [7, 11) is 0. The van der Waals surface area contributed by atoms with Gasteiger partial charge in [-0.15, -0.1) is 0 Å². The predicted octanol–water partition coefficient (Wildman–Crippen LogP) is 1.55. The molecule has 0 radical (unpaired) electrons. The smallest absolute Gasteiger partial charge is 0.216 e. The van der Waals surface area contributed by atoms with Gasteiger partial charge in [0.15, 0.2) is 0 Å². The summed E-state index contributed by atoms with van der Waals surface area (Å²) in [5, 5.41) is 18.5. The van der Waals surface area contributed by atoms with Crippen molar-refractivity contribution in [3.63, 3.8) is 0 Å². The Hall–Kier alpha value is -1.22. The van der Waals surface area contributed by atoms with Crippen LogP contribution < -0.4 is 0 Å². The Morgan fingerprint density at radius 2 is 2.10 bits per heavy atom. The van der Waals surface area contributed by atoms with Gasteiger partial charge in [-0.1, -0.05) is 6.58 Å². The molecule has 0 atom stereocenters. The lowest BCUT2D eigenvalue weighted by Gasteiger charge is -2.19. The Morgan fingerprint density at radius 3 is 2.60 bits per heavy atom. The standard InChI is InChI=1S/C7H9NO2/c1-5-3-6(2)8(10)7(9)4-5/h3-4,9-10H,2H2,1H3. The zero-order valence-corrected chi connectivity index (χ0v) is 5.70. The molecule has 1 rings (SSSR count). The first kappa shape index (κ1) is 6.89. The van der Waals surface area contributed by atoms with Crippen molar-refractivity contribution in [2.75, 3.05) is 0 Å². The van der Waals surface area contributed by atoms with Crippen LogP contribution in [-0.2, 0) is 0 Å². The van der Waals surface area contributed by atoms with Gasteiger partial charge >= 0.3 is 0 Å². The van der Waals surface area contributed by atoms with Crippen molar-refractivity contribution in [2.24, 2.45) is 0 Å². The van der Waals surface area contributed by atoms with Gasteiger partial charge in [-0.25, -0.2) is 0 Å². The third-order valence-electron chi connectivity index (χ3n) is 1.24. The van der Waals surface area contributed by atoms with Gasteiger partial charge in [-0.3, -0.25) is 5.21 Å². The second-order valence-electron chi connectivity index (χ2n) is 2.19. The minimum Gasteiger partial charge on any atom is -0.493 e. The van der Waals surface area contributed by atoms with E-state index in [2.05, 4.69) is 6.58 Å². The summed E-state index contributed by atoms with van der Waals surface area (Å²) < 4.78 is 0. The van der Waals surface area contributed by atoms with Crippen molar-refractivity contribution >= 4 is 0 Å². The highest BCUT2D eigenvalue weighted by atomic mass is 16.5. The molecule has 0 fully saturated rings. The molecular weight excluding hydrogens is 130 g/mol. The Bertz CT molecular complexity index is 228. The molecule has 0 aromatic heterocycles.